The number of amides is 1. The Hall–Kier alpha value is -1.92. The fourth-order valence-corrected chi connectivity index (χ4v) is 4.62. The second kappa shape index (κ2) is 10.4. The molecule has 0 N–H and O–H groups in total. The predicted molar refractivity (Wildman–Crippen MR) is 119 cm³/mol. The van der Waals surface area contributed by atoms with Gasteiger partial charge in [-0.05, 0) is 69.8 Å². The van der Waals surface area contributed by atoms with E-state index in [1.165, 1.54) is 19.4 Å². The number of carbonyl (C=O) groups excluding carboxylic acids is 2. The lowest BCUT2D eigenvalue weighted by Crippen LogP contribution is -2.49. The van der Waals surface area contributed by atoms with Crippen LogP contribution in [-0.2, 0) is 4.79 Å². The molecule has 6 heteroatoms. The van der Waals surface area contributed by atoms with E-state index >= 15 is 0 Å². The summed E-state index contributed by atoms with van der Waals surface area (Å²) in [5.74, 6) is 1.15. The highest BCUT2D eigenvalue weighted by Gasteiger charge is 2.22. The minimum Gasteiger partial charge on any atom is -0.493 e. The van der Waals surface area contributed by atoms with Crippen LogP contribution in [0.3, 0.4) is 0 Å². The summed E-state index contributed by atoms with van der Waals surface area (Å²) in [6, 6.07) is 4.61. The van der Waals surface area contributed by atoms with Crippen LogP contribution in [-0.4, -0.2) is 84.9 Å². The number of nitrogens with zero attached hydrogens (tertiary/aromatic N) is 3. The van der Waals surface area contributed by atoms with Gasteiger partial charge in [0.05, 0.1) is 13.2 Å². The lowest BCUT2D eigenvalue weighted by atomic mass is 10.0. The standard InChI is InChI=1S/C24H37N3O3/c1-18-15-22(23(29)17-25-10-12-27(13-11-25)21(4)28)16-19(2)24(18)30-14-6-9-26-8-5-7-20(26)3/h15-16,20H,5-14,17H2,1-4H3/t20-/m1/s1. The highest BCUT2D eigenvalue weighted by Crippen LogP contribution is 2.26. The molecule has 2 aliphatic rings. The average molecular weight is 416 g/mol. The van der Waals surface area contributed by atoms with Crippen molar-refractivity contribution in [2.75, 3.05) is 52.4 Å². The maximum Gasteiger partial charge on any atom is 0.219 e. The molecule has 3 rings (SSSR count). The van der Waals surface area contributed by atoms with Gasteiger partial charge < -0.3 is 14.5 Å². The van der Waals surface area contributed by atoms with Gasteiger partial charge in [-0.2, -0.15) is 0 Å². The molecule has 2 heterocycles. The third-order valence-electron chi connectivity index (χ3n) is 6.49. The molecule has 30 heavy (non-hydrogen) atoms. The fourth-order valence-electron chi connectivity index (χ4n) is 4.62. The van der Waals surface area contributed by atoms with Crippen molar-refractivity contribution >= 4 is 11.7 Å². The molecule has 0 bridgehead atoms. The molecule has 0 unspecified atom stereocenters. The molecule has 6 nitrogen and oxygen atoms in total. The Bertz CT molecular complexity index is 733. The molecule has 0 aliphatic carbocycles. The Morgan fingerprint density at radius 3 is 2.30 bits per heavy atom. The first-order chi connectivity index (χ1) is 14.3. The van der Waals surface area contributed by atoms with Gasteiger partial charge in [0, 0.05) is 51.3 Å². The lowest BCUT2D eigenvalue weighted by Gasteiger charge is -2.33. The Balaban J connectivity index is 1.49. The van der Waals surface area contributed by atoms with Crippen molar-refractivity contribution in [2.45, 2.75) is 53.0 Å². The molecule has 0 saturated carbocycles. The Morgan fingerprint density at radius 1 is 1.07 bits per heavy atom. The van der Waals surface area contributed by atoms with Crippen LogP contribution in [0.1, 0.15) is 54.6 Å². The summed E-state index contributed by atoms with van der Waals surface area (Å²) in [5.41, 5.74) is 2.79. The molecule has 1 aromatic carbocycles. The number of hydrogen-bond donors (Lipinski definition) is 0. The molecular formula is C24H37N3O3. The van der Waals surface area contributed by atoms with Crippen molar-refractivity contribution in [2.24, 2.45) is 0 Å². The molecule has 2 aliphatic heterocycles. The summed E-state index contributed by atoms with van der Waals surface area (Å²) in [4.78, 5) is 30.8. The van der Waals surface area contributed by atoms with E-state index in [0.717, 1.165) is 48.5 Å². The van der Waals surface area contributed by atoms with Gasteiger partial charge in [-0.25, -0.2) is 0 Å². The Labute approximate surface area is 181 Å². The van der Waals surface area contributed by atoms with Crippen LogP contribution < -0.4 is 4.74 Å². The van der Waals surface area contributed by atoms with E-state index in [0.29, 0.717) is 32.3 Å². The number of likely N-dealkylation sites (tertiary alicyclic amines) is 1. The number of rotatable bonds is 8. The summed E-state index contributed by atoms with van der Waals surface area (Å²) in [5, 5.41) is 0. The van der Waals surface area contributed by atoms with Crippen molar-refractivity contribution < 1.29 is 14.3 Å². The zero-order valence-corrected chi connectivity index (χ0v) is 19.1. The summed E-state index contributed by atoms with van der Waals surface area (Å²) >= 11 is 0. The summed E-state index contributed by atoms with van der Waals surface area (Å²) in [6.45, 7) is 14.3. The third-order valence-corrected chi connectivity index (χ3v) is 6.49. The first kappa shape index (κ1) is 22.8. The van der Waals surface area contributed by atoms with Crippen LogP contribution in [0, 0.1) is 13.8 Å². The summed E-state index contributed by atoms with van der Waals surface area (Å²) in [6.07, 6.45) is 3.64. The van der Waals surface area contributed by atoms with Gasteiger partial charge in [0.25, 0.3) is 0 Å². The molecule has 1 aromatic rings. The van der Waals surface area contributed by atoms with Gasteiger partial charge in [0.2, 0.25) is 5.91 Å². The molecule has 0 radical (unpaired) electrons. The lowest BCUT2D eigenvalue weighted by molar-refractivity contribution is -0.130. The quantitative estimate of drug-likeness (QED) is 0.483. The Morgan fingerprint density at radius 2 is 1.73 bits per heavy atom. The minimum atomic E-state index is 0.109. The SMILES string of the molecule is CC(=O)N1CCN(CC(=O)c2cc(C)c(OCCCN3CCC[C@H]3C)c(C)c2)CC1. The third kappa shape index (κ3) is 5.82. The van der Waals surface area contributed by atoms with Gasteiger partial charge in [-0.15, -0.1) is 0 Å². The zero-order valence-electron chi connectivity index (χ0n) is 19.1. The normalized spacial score (nSPS) is 20.5. The molecule has 2 fully saturated rings. The van der Waals surface area contributed by atoms with Gasteiger partial charge in [0.15, 0.2) is 5.78 Å². The van der Waals surface area contributed by atoms with Crippen molar-refractivity contribution in [1.82, 2.24) is 14.7 Å². The van der Waals surface area contributed by atoms with E-state index in [-0.39, 0.29) is 11.7 Å². The smallest absolute Gasteiger partial charge is 0.219 e. The number of ketones is 1. The van der Waals surface area contributed by atoms with Crippen molar-refractivity contribution in [1.29, 1.82) is 0 Å². The monoisotopic (exact) mass is 415 g/mol. The minimum absolute atomic E-state index is 0.109. The van der Waals surface area contributed by atoms with Crippen LogP contribution in [0.25, 0.3) is 0 Å². The second-order valence-electron chi connectivity index (χ2n) is 8.87. The van der Waals surface area contributed by atoms with Crippen LogP contribution >= 0.6 is 0 Å². The maximum absolute atomic E-state index is 12.8. The van der Waals surface area contributed by atoms with Crippen molar-refractivity contribution in [3.63, 3.8) is 0 Å². The number of carbonyl (C=O) groups is 2. The number of aryl methyl sites for hydroxylation is 2. The van der Waals surface area contributed by atoms with Crippen molar-refractivity contribution in [3.8, 4) is 5.75 Å². The van der Waals surface area contributed by atoms with E-state index in [4.69, 9.17) is 4.74 Å². The van der Waals surface area contributed by atoms with Crippen molar-refractivity contribution in [3.05, 3.63) is 28.8 Å². The van der Waals surface area contributed by atoms with E-state index in [1.54, 1.807) is 6.92 Å². The largest absolute Gasteiger partial charge is 0.493 e. The van der Waals surface area contributed by atoms with Gasteiger partial charge in [0.1, 0.15) is 5.75 Å². The van der Waals surface area contributed by atoms with Crippen LogP contribution in [0.5, 0.6) is 5.75 Å². The zero-order chi connectivity index (χ0) is 21.7. The van der Waals surface area contributed by atoms with E-state index < -0.39 is 0 Å². The van der Waals surface area contributed by atoms with Gasteiger partial charge >= 0.3 is 0 Å². The molecule has 2 saturated heterocycles. The van der Waals surface area contributed by atoms with E-state index in [9.17, 15) is 9.59 Å². The molecule has 166 valence electrons. The van der Waals surface area contributed by atoms with E-state index in [2.05, 4.69) is 16.7 Å². The second-order valence-corrected chi connectivity index (χ2v) is 8.87. The molecule has 0 spiro atoms. The summed E-state index contributed by atoms with van der Waals surface area (Å²) in [7, 11) is 0. The topological polar surface area (TPSA) is 53.1 Å². The number of piperazine rings is 1. The Kier molecular flexibility index (Phi) is 7.89. The fraction of sp³-hybridized carbons (Fsp3) is 0.667. The first-order valence-corrected chi connectivity index (χ1v) is 11.3. The van der Waals surface area contributed by atoms with Crippen LogP contribution in [0.4, 0.5) is 0 Å². The number of benzene rings is 1. The van der Waals surface area contributed by atoms with Gasteiger partial charge in [-0.1, -0.05) is 0 Å². The maximum atomic E-state index is 12.8. The predicted octanol–water partition coefficient (Wildman–Crippen LogP) is 2.90. The first-order valence-electron chi connectivity index (χ1n) is 11.3. The molecular weight excluding hydrogens is 378 g/mol. The molecule has 1 amide bonds. The number of Topliss-reactive ketones (excluding diaryl/α,β-unsaturated/α-hetero) is 1. The number of hydrogen-bond acceptors (Lipinski definition) is 5. The average Bonchev–Trinajstić information content (AvgIpc) is 3.11. The van der Waals surface area contributed by atoms with E-state index in [1.807, 2.05) is 30.9 Å². The number of ether oxygens (including phenoxy) is 1. The summed E-state index contributed by atoms with van der Waals surface area (Å²) < 4.78 is 6.10. The van der Waals surface area contributed by atoms with Crippen LogP contribution in [0.2, 0.25) is 0 Å². The van der Waals surface area contributed by atoms with Crippen LogP contribution in [0.15, 0.2) is 12.1 Å². The molecule has 0 aromatic heterocycles. The highest BCUT2D eigenvalue weighted by atomic mass is 16.5. The van der Waals surface area contributed by atoms with Gasteiger partial charge in [-0.3, -0.25) is 14.5 Å². The molecule has 1 atom stereocenters. The highest BCUT2D eigenvalue weighted by molar-refractivity contribution is 5.98.